The van der Waals surface area contributed by atoms with Gasteiger partial charge in [-0.3, -0.25) is 4.79 Å². The molecule has 5 rings (SSSR count). The molecular weight excluding hydrogens is 490 g/mol. The smallest absolute Gasteiger partial charge is 0.313 e. The lowest BCUT2D eigenvalue weighted by Gasteiger charge is -2.11. The molecule has 180 valence electrons. The van der Waals surface area contributed by atoms with Crippen LogP contribution in [0.25, 0.3) is 10.2 Å². The van der Waals surface area contributed by atoms with Crippen LogP contribution in [0.3, 0.4) is 0 Å². The van der Waals surface area contributed by atoms with Gasteiger partial charge in [0.1, 0.15) is 5.82 Å². The third-order valence-electron chi connectivity index (χ3n) is 5.26. The van der Waals surface area contributed by atoms with Crippen LogP contribution in [-0.2, 0) is 11.2 Å². The molecule has 0 unspecified atom stereocenters. The number of fused-ring (bicyclic) bond motifs is 1. The molecule has 7 nitrogen and oxygen atoms in total. The fourth-order valence-electron chi connectivity index (χ4n) is 3.62. The second kappa shape index (κ2) is 10.8. The predicted octanol–water partition coefficient (Wildman–Crippen LogP) is 6.65. The van der Waals surface area contributed by atoms with Crippen molar-refractivity contribution >= 4 is 61.9 Å². The molecule has 9 heteroatoms. The Morgan fingerprint density at radius 1 is 0.944 bits per heavy atom. The van der Waals surface area contributed by atoms with E-state index in [9.17, 15) is 4.79 Å². The molecule has 5 aromatic rings. The molecule has 0 amide bonds. The lowest BCUT2D eigenvalue weighted by molar-refractivity contribution is -0.133. The van der Waals surface area contributed by atoms with E-state index in [1.165, 1.54) is 17.3 Å². The Hall–Kier alpha value is -3.95. The first kappa shape index (κ1) is 23.8. The van der Waals surface area contributed by atoms with Crippen LogP contribution >= 0.6 is 23.1 Å². The Labute approximate surface area is 216 Å². The standard InChI is InChI=1S/C27H23N5O2S2/c1-17-7-12-22-23(13-17)36-27(30-22)32-24-15-20(14-18-5-3-2-4-6-18)29-26(31-24)28-19-8-10-21(11-9-19)35-16-25(33)34/h2-13,15H,14,16H2,1H3,(H,33,34)(H2,28,29,30,31,32). The molecule has 2 aromatic heterocycles. The number of carbonyl (C=O) groups is 1. The lowest BCUT2D eigenvalue weighted by atomic mass is 10.1. The Balaban J connectivity index is 1.41. The van der Waals surface area contributed by atoms with E-state index in [1.54, 1.807) is 11.3 Å². The first-order valence-electron chi connectivity index (χ1n) is 11.3. The topological polar surface area (TPSA) is 100 Å². The highest BCUT2D eigenvalue weighted by atomic mass is 32.2. The van der Waals surface area contributed by atoms with Crippen LogP contribution in [0.5, 0.6) is 0 Å². The number of thioether (sulfide) groups is 1. The summed E-state index contributed by atoms with van der Waals surface area (Å²) in [5, 5.41) is 16.3. The van der Waals surface area contributed by atoms with Gasteiger partial charge in [0.05, 0.1) is 21.7 Å². The van der Waals surface area contributed by atoms with Gasteiger partial charge in [-0.1, -0.05) is 47.7 Å². The number of aromatic nitrogens is 3. The van der Waals surface area contributed by atoms with E-state index >= 15 is 0 Å². The van der Waals surface area contributed by atoms with Crippen molar-refractivity contribution in [1.29, 1.82) is 0 Å². The molecule has 0 radical (unpaired) electrons. The summed E-state index contributed by atoms with van der Waals surface area (Å²) in [6, 6.07) is 25.9. The van der Waals surface area contributed by atoms with Gasteiger partial charge in [-0.15, -0.1) is 11.8 Å². The maximum atomic E-state index is 10.8. The number of aryl methyl sites for hydroxylation is 1. The molecule has 2 heterocycles. The predicted molar refractivity (Wildman–Crippen MR) is 147 cm³/mol. The fourth-order valence-corrected chi connectivity index (χ4v) is 5.21. The monoisotopic (exact) mass is 513 g/mol. The summed E-state index contributed by atoms with van der Waals surface area (Å²) >= 11 is 2.87. The maximum absolute atomic E-state index is 10.8. The minimum atomic E-state index is -0.839. The fraction of sp³-hybridized carbons (Fsp3) is 0.111. The Morgan fingerprint density at radius 2 is 1.75 bits per heavy atom. The van der Waals surface area contributed by atoms with Gasteiger partial charge < -0.3 is 15.7 Å². The lowest BCUT2D eigenvalue weighted by Crippen LogP contribution is -2.04. The van der Waals surface area contributed by atoms with Gasteiger partial charge in [-0.2, -0.15) is 4.98 Å². The van der Waals surface area contributed by atoms with E-state index in [4.69, 9.17) is 15.1 Å². The quantitative estimate of drug-likeness (QED) is 0.188. The largest absolute Gasteiger partial charge is 0.481 e. The number of carboxylic acid groups (broad SMARTS) is 1. The van der Waals surface area contributed by atoms with Crippen molar-refractivity contribution < 1.29 is 9.90 Å². The number of anilines is 4. The Kier molecular flexibility index (Phi) is 7.11. The third kappa shape index (κ3) is 6.18. The van der Waals surface area contributed by atoms with E-state index < -0.39 is 5.97 Å². The van der Waals surface area contributed by atoms with Crippen LogP contribution in [0.4, 0.5) is 22.6 Å². The highest BCUT2D eigenvalue weighted by molar-refractivity contribution is 8.00. The van der Waals surface area contributed by atoms with Gasteiger partial charge in [0.25, 0.3) is 0 Å². The minimum Gasteiger partial charge on any atom is -0.481 e. The molecule has 0 saturated heterocycles. The summed E-state index contributed by atoms with van der Waals surface area (Å²) in [6.07, 6.45) is 0.663. The molecular formula is C27H23N5O2S2. The van der Waals surface area contributed by atoms with Crippen LogP contribution in [0.2, 0.25) is 0 Å². The van der Waals surface area contributed by atoms with Crippen molar-refractivity contribution in [1.82, 2.24) is 15.0 Å². The molecule has 3 N–H and O–H groups in total. The maximum Gasteiger partial charge on any atom is 0.313 e. The second-order valence-electron chi connectivity index (χ2n) is 8.18. The molecule has 0 atom stereocenters. The number of hydrogen-bond acceptors (Lipinski definition) is 8. The summed E-state index contributed by atoms with van der Waals surface area (Å²) in [4.78, 5) is 25.8. The van der Waals surface area contributed by atoms with Crippen LogP contribution in [0.1, 0.15) is 16.8 Å². The van der Waals surface area contributed by atoms with Crippen LogP contribution in [-0.4, -0.2) is 31.8 Å². The number of rotatable bonds is 9. The number of hydrogen-bond donors (Lipinski definition) is 3. The minimum absolute atomic E-state index is 0.0256. The zero-order valence-electron chi connectivity index (χ0n) is 19.4. The summed E-state index contributed by atoms with van der Waals surface area (Å²) in [7, 11) is 0. The van der Waals surface area contributed by atoms with E-state index in [0.29, 0.717) is 18.2 Å². The summed E-state index contributed by atoms with van der Waals surface area (Å²) in [5.41, 5.74) is 4.98. The highest BCUT2D eigenvalue weighted by Crippen LogP contribution is 2.29. The molecule has 0 saturated carbocycles. The van der Waals surface area contributed by atoms with E-state index in [1.807, 2.05) is 54.6 Å². The zero-order valence-corrected chi connectivity index (χ0v) is 21.1. The first-order valence-corrected chi connectivity index (χ1v) is 13.1. The molecule has 0 aliphatic carbocycles. The van der Waals surface area contributed by atoms with Crippen LogP contribution in [0, 0.1) is 6.92 Å². The Bertz CT molecular complexity index is 1500. The average molecular weight is 514 g/mol. The van der Waals surface area contributed by atoms with E-state index in [2.05, 4.69) is 46.8 Å². The Morgan fingerprint density at radius 3 is 2.53 bits per heavy atom. The van der Waals surface area contributed by atoms with Gasteiger partial charge in [0.2, 0.25) is 5.95 Å². The molecule has 0 spiro atoms. The van der Waals surface area contributed by atoms with E-state index in [-0.39, 0.29) is 5.75 Å². The normalized spacial score (nSPS) is 10.9. The van der Waals surface area contributed by atoms with Gasteiger partial charge in [0.15, 0.2) is 5.13 Å². The summed E-state index contributed by atoms with van der Waals surface area (Å²) < 4.78 is 1.12. The highest BCUT2D eigenvalue weighted by Gasteiger charge is 2.10. The summed E-state index contributed by atoms with van der Waals surface area (Å²) in [5.74, 6) is 0.309. The van der Waals surface area contributed by atoms with Gasteiger partial charge in [0, 0.05) is 23.1 Å². The van der Waals surface area contributed by atoms with Gasteiger partial charge >= 0.3 is 5.97 Å². The van der Waals surface area contributed by atoms with Crippen molar-refractivity contribution in [3.8, 4) is 0 Å². The number of carboxylic acids is 1. The van der Waals surface area contributed by atoms with Crippen molar-refractivity contribution in [2.45, 2.75) is 18.2 Å². The van der Waals surface area contributed by atoms with Crippen molar-refractivity contribution in [2.75, 3.05) is 16.4 Å². The molecule has 0 aliphatic heterocycles. The zero-order chi connectivity index (χ0) is 24.9. The number of nitrogens with one attached hydrogen (secondary N) is 2. The van der Waals surface area contributed by atoms with Crippen LogP contribution < -0.4 is 10.6 Å². The van der Waals surface area contributed by atoms with E-state index in [0.717, 1.165) is 37.2 Å². The molecule has 0 fully saturated rings. The molecule has 0 bridgehead atoms. The first-order chi connectivity index (χ1) is 17.5. The molecule has 3 aromatic carbocycles. The number of nitrogens with zero attached hydrogens (tertiary/aromatic N) is 3. The summed E-state index contributed by atoms with van der Waals surface area (Å²) in [6.45, 7) is 2.07. The number of aliphatic carboxylic acids is 1. The van der Waals surface area contributed by atoms with Crippen LogP contribution in [0.15, 0.2) is 83.8 Å². The number of thiazole rings is 1. The van der Waals surface area contributed by atoms with Gasteiger partial charge in [-0.05, 0) is 54.4 Å². The van der Waals surface area contributed by atoms with Crippen molar-refractivity contribution in [2.24, 2.45) is 0 Å². The second-order valence-corrected chi connectivity index (χ2v) is 10.3. The molecule has 36 heavy (non-hydrogen) atoms. The molecule has 0 aliphatic rings. The average Bonchev–Trinajstić information content (AvgIpc) is 3.25. The number of benzene rings is 3. The van der Waals surface area contributed by atoms with Gasteiger partial charge in [-0.25, -0.2) is 9.97 Å². The third-order valence-corrected chi connectivity index (χ3v) is 7.19. The van der Waals surface area contributed by atoms with Crippen molar-refractivity contribution in [3.63, 3.8) is 0 Å². The van der Waals surface area contributed by atoms with Crippen molar-refractivity contribution in [3.05, 3.63) is 95.7 Å². The SMILES string of the molecule is Cc1ccc2nc(Nc3cc(Cc4ccccc4)nc(Nc4ccc(SCC(=O)O)cc4)n3)sc2c1.